The number of thiophene rings is 1. The summed E-state index contributed by atoms with van der Waals surface area (Å²) in [6.45, 7) is 3.93. The van der Waals surface area contributed by atoms with E-state index in [0.29, 0.717) is 37.5 Å². The Balaban J connectivity index is 1.45. The van der Waals surface area contributed by atoms with E-state index in [1.807, 2.05) is 7.05 Å². The van der Waals surface area contributed by atoms with Crippen molar-refractivity contribution < 1.29 is 21.6 Å². The molecular weight excluding hydrogens is 534 g/mol. The molecule has 1 amide bonds. The summed E-state index contributed by atoms with van der Waals surface area (Å²) < 4.78 is 55.1. The van der Waals surface area contributed by atoms with Crippen molar-refractivity contribution in [3.63, 3.8) is 0 Å². The number of nitrogens with zero attached hydrogens (tertiary/aromatic N) is 3. The smallest absolute Gasteiger partial charge is 0.273 e. The normalized spacial score (nSPS) is 15.9. The summed E-state index contributed by atoms with van der Waals surface area (Å²) in [5, 5.41) is 5.78. The van der Waals surface area contributed by atoms with Gasteiger partial charge in [-0.05, 0) is 55.2 Å². The Bertz CT molecular complexity index is 1490. The Morgan fingerprint density at radius 2 is 1.59 bits per heavy atom. The molecule has 0 unspecified atom stereocenters. The Morgan fingerprint density at radius 1 is 0.919 bits per heavy atom. The zero-order chi connectivity index (χ0) is 26.6. The van der Waals surface area contributed by atoms with Crippen LogP contribution in [0.15, 0.2) is 80.2 Å². The number of sulfonamides is 2. The highest BCUT2D eigenvalue weighted by Crippen LogP contribution is 2.23. The average molecular weight is 562 g/mol. The highest BCUT2D eigenvalue weighted by molar-refractivity contribution is 7.94. The molecule has 0 saturated carbocycles. The first-order valence-corrected chi connectivity index (χ1v) is 15.2. The van der Waals surface area contributed by atoms with Crippen molar-refractivity contribution in [3.05, 3.63) is 77.2 Å². The first-order chi connectivity index (χ1) is 17.6. The number of rotatable bonds is 8. The van der Waals surface area contributed by atoms with Gasteiger partial charge in [-0.1, -0.05) is 30.3 Å². The van der Waals surface area contributed by atoms with Gasteiger partial charge in [0.2, 0.25) is 10.0 Å². The topological polar surface area (TPSA) is 128 Å². The highest BCUT2D eigenvalue weighted by atomic mass is 32.2. The number of carbonyl (C=O) groups is 1. The molecule has 0 atom stereocenters. The van der Waals surface area contributed by atoms with E-state index in [1.54, 1.807) is 42.6 Å². The van der Waals surface area contributed by atoms with Crippen molar-refractivity contribution in [2.24, 2.45) is 5.10 Å². The molecular formula is C24H27N5O5S3. The Hall–Kier alpha value is -3.10. The Kier molecular flexibility index (Phi) is 8.09. The highest BCUT2D eigenvalue weighted by Gasteiger charge is 2.27. The van der Waals surface area contributed by atoms with Crippen LogP contribution in [0.25, 0.3) is 0 Å². The summed E-state index contributed by atoms with van der Waals surface area (Å²) in [5.74, 6) is -0.599. The van der Waals surface area contributed by atoms with Gasteiger partial charge < -0.3 is 4.90 Å². The van der Waals surface area contributed by atoms with E-state index in [4.69, 9.17) is 0 Å². The zero-order valence-electron chi connectivity index (χ0n) is 20.3. The van der Waals surface area contributed by atoms with Crippen LogP contribution in [0.5, 0.6) is 0 Å². The molecule has 1 aliphatic heterocycles. The van der Waals surface area contributed by atoms with Crippen LogP contribution < -0.4 is 10.1 Å². The van der Waals surface area contributed by atoms with E-state index in [1.165, 1.54) is 34.6 Å². The molecule has 13 heteroatoms. The molecule has 10 nitrogen and oxygen atoms in total. The number of anilines is 1. The van der Waals surface area contributed by atoms with E-state index in [9.17, 15) is 21.6 Å². The lowest BCUT2D eigenvalue weighted by atomic mass is 10.1. The fourth-order valence-corrected chi connectivity index (χ4v) is 7.18. The summed E-state index contributed by atoms with van der Waals surface area (Å²) in [6, 6.07) is 15.7. The number of carbonyl (C=O) groups excluding carboxylic acids is 1. The number of para-hydroxylation sites is 1. The van der Waals surface area contributed by atoms with Gasteiger partial charge in [-0.3, -0.25) is 9.52 Å². The monoisotopic (exact) mass is 561 g/mol. The maximum Gasteiger partial charge on any atom is 0.273 e. The Morgan fingerprint density at radius 3 is 2.24 bits per heavy atom. The number of amides is 1. The minimum atomic E-state index is -3.83. The molecule has 196 valence electrons. The summed E-state index contributed by atoms with van der Waals surface area (Å²) in [7, 11) is -5.45. The van der Waals surface area contributed by atoms with Gasteiger partial charge >= 0.3 is 0 Å². The molecule has 0 spiro atoms. The Labute approximate surface area is 220 Å². The molecule has 4 rings (SSSR count). The second kappa shape index (κ2) is 11.1. The van der Waals surface area contributed by atoms with Gasteiger partial charge in [-0.2, -0.15) is 9.41 Å². The predicted octanol–water partition coefficient (Wildman–Crippen LogP) is 2.64. The number of benzene rings is 2. The number of hydrogen-bond donors (Lipinski definition) is 2. The van der Waals surface area contributed by atoms with Crippen LogP contribution in [0, 0.1) is 0 Å². The summed E-state index contributed by atoms with van der Waals surface area (Å²) in [6.07, 6.45) is 0. The lowest BCUT2D eigenvalue weighted by Gasteiger charge is -2.31. The molecule has 1 fully saturated rings. The summed E-state index contributed by atoms with van der Waals surface area (Å²) in [5.41, 5.74) is 3.76. The molecule has 1 saturated heterocycles. The first-order valence-electron chi connectivity index (χ1n) is 11.4. The molecule has 0 aliphatic carbocycles. The largest absolute Gasteiger partial charge is 0.304 e. The van der Waals surface area contributed by atoms with Crippen LogP contribution in [-0.4, -0.2) is 70.9 Å². The van der Waals surface area contributed by atoms with Gasteiger partial charge in [-0.15, -0.1) is 11.3 Å². The van der Waals surface area contributed by atoms with Crippen LogP contribution in [0.2, 0.25) is 0 Å². The number of likely N-dealkylation sites (N-methyl/N-ethyl adjacent to an activating group) is 1. The van der Waals surface area contributed by atoms with E-state index in [-0.39, 0.29) is 20.4 Å². The third kappa shape index (κ3) is 6.25. The van der Waals surface area contributed by atoms with E-state index < -0.39 is 26.0 Å². The predicted molar refractivity (Wildman–Crippen MR) is 144 cm³/mol. The lowest BCUT2D eigenvalue weighted by Crippen LogP contribution is -2.46. The first kappa shape index (κ1) is 26.9. The molecule has 37 heavy (non-hydrogen) atoms. The van der Waals surface area contributed by atoms with Crippen LogP contribution >= 0.6 is 11.3 Å². The molecule has 1 aliphatic rings. The maximum atomic E-state index is 12.9. The summed E-state index contributed by atoms with van der Waals surface area (Å²) in [4.78, 5) is 15.1. The van der Waals surface area contributed by atoms with Crippen molar-refractivity contribution in [1.29, 1.82) is 0 Å². The van der Waals surface area contributed by atoms with Gasteiger partial charge in [0.05, 0.1) is 21.9 Å². The molecule has 0 radical (unpaired) electrons. The molecule has 2 heterocycles. The van der Waals surface area contributed by atoms with Crippen molar-refractivity contribution in [3.8, 4) is 0 Å². The van der Waals surface area contributed by atoms with Gasteiger partial charge in [0.15, 0.2) is 0 Å². The van der Waals surface area contributed by atoms with Crippen LogP contribution in [0.4, 0.5) is 5.69 Å². The lowest BCUT2D eigenvalue weighted by molar-refractivity contribution is 0.0955. The number of nitrogens with one attached hydrogen (secondary N) is 2. The molecule has 1 aromatic heterocycles. The van der Waals surface area contributed by atoms with Crippen molar-refractivity contribution in [2.45, 2.75) is 16.0 Å². The van der Waals surface area contributed by atoms with Crippen LogP contribution in [0.3, 0.4) is 0 Å². The summed E-state index contributed by atoms with van der Waals surface area (Å²) >= 11 is 1.07. The maximum absolute atomic E-state index is 12.9. The fourth-order valence-electron chi connectivity index (χ4n) is 3.69. The minimum Gasteiger partial charge on any atom is -0.304 e. The van der Waals surface area contributed by atoms with Crippen molar-refractivity contribution in [2.75, 3.05) is 37.9 Å². The minimum absolute atomic E-state index is 0.104. The van der Waals surface area contributed by atoms with E-state index >= 15 is 0 Å². The third-order valence-corrected chi connectivity index (χ3v) is 10.5. The third-order valence-electron chi connectivity index (χ3n) is 5.87. The van der Waals surface area contributed by atoms with Gasteiger partial charge in [0.1, 0.15) is 4.21 Å². The second-order valence-electron chi connectivity index (χ2n) is 8.45. The number of piperazine rings is 1. The molecule has 0 bridgehead atoms. The average Bonchev–Trinajstić information content (AvgIpc) is 3.44. The quantitative estimate of drug-likeness (QED) is 0.322. The number of hydrazone groups is 1. The van der Waals surface area contributed by atoms with Gasteiger partial charge in [-0.25, -0.2) is 22.3 Å². The fraction of sp³-hybridized carbons (Fsp3) is 0.250. The second-order valence-corrected chi connectivity index (χ2v) is 13.2. The van der Waals surface area contributed by atoms with Crippen molar-refractivity contribution >= 4 is 48.7 Å². The van der Waals surface area contributed by atoms with E-state index in [0.717, 1.165) is 11.3 Å². The zero-order valence-corrected chi connectivity index (χ0v) is 22.7. The molecule has 3 aromatic rings. The molecule has 2 N–H and O–H groups in total. The van der Waals surface area contributed by atoms with Crippen LogP contribution in [0.1, 0.15) is 22.8 Å². The van der Waals surface area contributed by atoms with E-state index in [2.05, 4.69) is 20.1 Å². The number of hydrogen-bond acceptors (Lipinski definition) is 8. The van der Waals surface area contributed by atoms with Gasteiger partial charge in [0.25, 0.3) is 15.9 Å². The SMILES string of the molecule is C/C(=N/NC(=O)c1ccccc1NS(=O)(=O)c1cccs1)c1ccc(S(=O)(=O)N2CCN(C)CC2)cc1. The van der Waals surface area contributed by atoms with Gasteiger partial charge in [0, 0.05) is 26.2 Å². The van der Waals surface area contributed by atoms with Crippen molar-refractivity contribution in [1.82, 2.24) is 14.6 Å². The standard InChI is InChI=1S/C24H27N5O5S3/c1-18(19-9-11-20(12-10-19)37(33,34)29-15-13-28(2)14-16-29)25-26-24(30)21-6-3-4-7-22(21)27-36(31,32)23-8-5-17-35-23/h3-12,17,27H,13-16H2,1-2H3,(H,26,30)/b25-18-. The van der Waals surface area contributed by atoms with Crippen LogP contribution in [-0.2, 0) is 20.0 Å². The molecule has 2 aromatic carbocycles.